The van der Waals surface area contributed by atoms with E-state index in [-0.39, 0.29) is 48.4 Å². The van der Waals surface area contributed by atoms with E-state index < -0.39 is 68.1 Å². The van der Waals surface area contributed by atoms with Gasteiger partial charge in [0.2, 0.25) is 0 Å². The van der Waals surface area contributed by atoms with Gasteiger partial charge in [-0.25, -0.2) is 17.2 Å². The molecule has 256 valence electrons. The lowest BCUT2D eigenvalue weighted by atomic mass is 9.83. The number of hydrogen-bond donors (Lipinski definition) is 1. The SMILES string of the molecule is C=CO.CC.O=C(N1CCC2(S(=O)(=O)c3ccccc3)c3ccc(C(F)(C(F)(F)F)C(F)(F)F)cc3OCC12)C1(F)CCCCC1. The van der Waals surface area contributed by atoms with Crippen molar-refractivity contribution in [2.24, 2.45) is 0 Å². The molecular weight excluding hydrogens is 650 g/mol. The third-order valence-electron chi connectivity index (χ3n) is 8.48. The Morgan fingerprint density at radius 3 is 2.02 bits per heavy atom. The average molecular weight is 686 g/mol. The van der Waals surface area contributed by atoms with Crippen LogP contribution in [0.5, 0.6) is 5.75 Å². The third kappa shape index (κ3) is 5.95. The first-order valence-corrected chi connectivity index (χ1v) is 16.1. The quantitative estimate of drug-likeness (QED) is 0.260. The third-order valence-corrected chi connectivity index (χ3v) is 11.0. The summed E-state index contributed by atoms with van der Waals surface area (Å²) in [6.07, 6.45) is -10.9. The predicted octanol–water partition coefficient (Wildman–Crippen LogP) is 8.03. The Hall–Kier alpha value is -3.36. The zero-order valence-corrected chi connectivity index (χ0v) is 25.9. The molecule has 1 saturated heterocycles. The van der Waals surface area contributed by atoms with Crippen molar-refractivity contribution in [1.29, 1.82) is 0 Å². The van der Waals surface area contributed by atoms with E-state index in [1.807, 2.05) is 13.8 Å². The second-order valence-electron chi connectivity index (χ2n) is 10.9. The molecule has 2 fully saturated rings. The smallest absolute Gasteiger partial charge is 0.435 e. The highest BCUT2D eigenvalue weighted by atomic mass is 32.2. The molecule has 6 nitrogen and oxygen atoms in total. The maximum absolute atomic E-state index is 15.8. The highest BCUT2D eigenvalue weighted by molar-refractivity contribution is 7.92. The van der Waals surface area contributed by atoms with Gasteiger partial charge >= 0.3 is 18.0 Å². The van der Waals surface area contributed by atoms with E-state index in [2.05, 4.69) is 6.58 Å². The van der Waals surface area contributed by atoms with Crippen LogP contribution in [-0.4, -0.2) is 61.5 Å². The molecule has 0 spiro atoms. The van der Waals surface area contributed by atoms with Crippen molar-refractivity contribution in [3.8, 4) is 5.75 Å². The zero-order chi connectivity index (χ0) is 34.8. The minimum Gasteiger partial charge on any atom is -0.516 e. The summed E-state index contributed by atoms with van der Waals surface area (Å²) in [5.41, 5.74) is -10.2. The first-order valence-electron chi connectivity index (χ1n) is 14.6. The van der Waals surface area contributed by atoms with Crippen molar-refractivity contribution in [3.05, 3.63) is 72.5 Å². The number of fused-ring (bicyclic) bond motifs is 3. The van der Waals surface area contributed by atoms with E-state index in [0.717, 1.165) is 17.6 Å². The van der Waals surface area contributed by atoms with Crippen LogP contribution in [0.1, 0.15) is 63.5 Å². The lowest BCUT2D eigenvalue weighted by molar-refractivity contribution is -0.348. The number of rotatable bonds is 4. The van der Waals surface area contributed by atoms with Crippen LogP contribution in [0.25, 0.3) is 0 Å². The van der Waals surface area contributed by atoms with E-state index in [1.165, 1.54) is 30.3 Å². The second-order valence-corrected chi connectivity index (χ2v) is 13.1. The van der Waals surface area contributed by atoms with Gasteiger partial charge in [-0.3, -0.25) is 4.79 Å². The van der Waals surface area contributed by atoms with Crippen LogP contribution < -0.4 is 4.74 Å². The molecule has 5 rings (SSSR count). The van der Waals surface area contributed by atoms with E-state index in [1.54, 1.807) is 0 Å². The summed E-state index contributed by atoms with van der Waals surface area (Å²) >= 11 is 0. The highest BCUT2D eigenvalue weighted by Crippen LogP contribution is 2.57. The highest BCUT2D eigenvalue weighted by Gasteiger charge is 2.74. The Labute approximate surface area is 262 Å². The summed E-state index contributed by atoms with van der Waals surface area (Å²) in [5.74, 6) is -1.64. The molecule has 2 aromatic rings. The molecule has 2 heterocycles. The molecule has 0 aromatic heterocycles. The summed E-state index contributed by atoms with van der Waals surface area (Å²) in [4.78, 5) is 14.3. The van der Waals surface area contributed by atoms with E-state index >= 15 is 4.39 Å². The number of nitrogens with zero attached hydrogens (tertiary/aromatic N) is 1. The molecule has 2 unspecified atom stereocenters. The molecule has 15 heteroatoms. The number of likely N-dealkylation sites (tertiary alicyclic amines) is 1. The number of alkyl halides is 8. The molecule has 1 aliphatic carbocycles. The molecule has 1 N–H and O–H groups in total. The summed E-state index contributed by atoms with van der Waals surface area (Å²) in [6, 6.07) is 6.64. The number of amides is 1. The second kappa shape index (κ2) is 13.4. The number of halogens is 8. The van der Waals surface area contributed by atoms with Crippen LogP contribution in [-0.2, 0) is 25.0 Å². The lowest BCUT2D eigenvalue weighted by Crippen LogP contribution is -2.58. The van der Waals surface area contributed by atoms with Crippen molar-refractivity contribution in [1.82, 2.24) is 4.90 Å². The van der Waals surface area contributed by atoms with Gasteiger partial charge < -0.3 is 14.7 Å². The fraction of sp³-hybridized carbons (Fsp3) is 0.516. The Morgan fingerprint density at radius 1 is 0.957 bits per heavy atom. The van der Waals surface area contributed by atoms with Crippen LogP contribution >= 0.6 is 0 Å². The molecule has 3 aliphatic rings. The van der Waals surface area contributed by atoms with Gasteiger partial charge in [-0.1, -0.05) is 57.2 Å². The first kappa shape index (κ1) is 37.1. The van der Waals surface area contributed by atoms with Gasteiger partial charge in [0.15, 0.2) is 15.5 Å². The number of benzene rings is 2. The summed E-state index contributed by atoms with van der Waals surface area (Å²) in [6.45, 7) is 5.98. The minimum atomic E-state index is -6.39. The van der Waals surface area contributed by atoms with Crippen molar-refractivity contribution in [2.45, 2.75) is 91.7 Å². The van der Waals surface area contributed by atoms with Crippen molar-refractivity contribution in [3.63, 3.8) is 0 Å². The summed E-state index contributed by atoms with van der Waals surface area (Å²) in [7, 11) is -4.53. The van der Waals surface area contributed by atoms with Crippen molar-refractivity contribution in [2.75, 3.05) is 13.2 Å². The largest absolute Gasteiger partial charge is 0.516 e. The van der Waals surface area contributed by atoms with Gasteiger partial charge in [0.25, 0.3) is 5.91 Å². The monoisotopic (exact) mass is 685 g/mol. The number of sulfone groups is 1. The molecule has 2 aromatic carbocycles. The zero-order valence-electron chi connectivity index (χ0n) is 25.1. The molecule has 2 atom stereocenters. The van der Waals surface area contributed by atoms with Gasteiger partial charge in [-0.05, 0) is 50.3 Å². The Kier molecular flexibility index (Phi) is 10.8. The van der Waals surface area contributed by atoms with Gasteiger partial charge in [0, 0.05) is 17.7 Å². The molecule has 0 radical (unpaired) electrons. The molecule has 1 amide bonds. The van der Waals surface area contributed by atoms with Gasteiger partial charge in [0.1, 0.15) is 17.1 Å². The fourth-order valence-electron chi connectivity index (χ4n) is 6.36. The van der Waals surface area contributed by atoms with Gasteiger partial charge in [-0.2, -0.15) is 26.3 Å². The molecular formula is C31H35F8NO5S. The van der Waals surface area contributed by atoms with E-state index in [4.69, 9.17) is 9.84 Å². The van der Waals surface area contributed by atoms with Gasteiger partial charge in [0.05, 0.1) is 17.2 Å². The Bertz CT molecular complexity index is 1480. The van der Waals surface area contributed by atoms with Crippen LogP contribution in [0.15, 0.2) is 66.3 Å². The van der Waals surface area contributed by atoms with Crippen LogP contribution in [0.3, 0.4) is 0 Å². The number of hydrogen-bond acceptors (Lipinski definition) is 5. The van der Waals surface area contributed by atoms with E-state index in [9.17, 15) is 43.9 Å². The number of carbonyl (C=O) groups is 1. The van der Waals surface area contributed by atoms with Crippen molar-refractivity contribution < 1.29 is 58.2 Å². The predicted molar refractivity (Wildman–Crippen MR) is 153 cm³/mol. The molecule has 0 bridgehead atoms. The summed E-state index contributed by atoms with van der Waals surface area (Å²) < 4.78 is 143. The normalized spacial score (nSPS) is 22.5. The number of carbonyl (C=O) groups excluding carboxylic acids is 1. The number of aliphatic hydroxyl groups excluding tert-OH is 1. The first-order chi connectivity index (χ1) is 21.4. The number of ether oxygens (including phenoxy) is 1. The van der Waals surface area contributed by atoms with E-state index in [0.29, 0.717) is 18.9 Å². The Balaban J connectivity index is 0.00000109. The van der Waals surface area contributed by atoms with Crippen LogP contribution in [0, 0.1) is 0 Å². The average Bonchev–Trinajstić information content (AvgIpc) is 3.42. The van der Waals surface area contributed by atoms with Crippen molar-refractivity contribution >= 4 is 15.7 Å². The van der Waals surface area contributed by atoms with Gasteiger partial charge in [-0.15, -0.1) is 0 Å². The Morgan fingerprint density at radius 2 is 1.50 bits per heavy atom. The maximum atomic E-state index is 15.8. The minimum absolute atomic E-state index is 0.0677. The fourth-order valence-corrected chi connectivity index (χ4v) is 8.66. The van der Waals surface area contributed by atoms with Crippen LogP contribution in [0.4, 0.5) is 35.1 Å². The maximum Gasteiger partial charge on any atom is 0.435 e. The standard InChI is InChI=1S/C27H25F8NO4S.C2H4O.C2H6/c28-23(11-5-2-6-12-23)22(37)36-14-13-24(41(38,39)18-7-3-1-4-8-18)19-10-9-17(15-20(19)40-16-21(24)36)25(29,26(30,31)32)27(33,34)35;1-2-3;1-2/h1,3-4,7-10,15,21H,2,5-6,11-14,16H2;2-3H,1H2;1-2H3. The molecule has 1 saturated carbocycles. The lowest BCUT2D eigenvalue weighted by Gasteiger charge is -2.43. The topological polar surface area (TPSA) is 83.9 Å². The molecule has 2 aliphatic heterocycles. The molecule has 46 heavy (non-hydrogen) atoms. The number of aliphatic hydroxyl groups is 1. The summed E-state index contributed by atoms with van der Waals surface area (Å²) in [5, 5.41) is 7.33. The van der Waals surface area contributed by atoms with Crippen LogP contribution in [0.2, 0.25) is 0 Å².